The number of ether oxygens (including phenoxy) is 1. The van der Waals surface area contributed by atoms with Crippen LogP contribution in [0.5, 0.6) is 0 Å². The number of carbonyl (C=O) groups is 2. The second kappa shape index (κ2) is 6.29. The third-order valence-corrected chi connectivity index (χ3v) is 4.31. The van der Waals surface area contributed by atoms with Crippen molar-refractivity contribution in [2.24, 2.45) is 11.8 Å². The minimum absolute atomic E-state index is 0.101. The van der Waals surface area contributed by atoms with Gasteiger partial charge in [0.05, 0.1) is 12.7 Å². The summed E-state index contributed by atoms with van der Waals surface area (Å²) in [5.41, 5.74) is 0.209. The van der Waals surface area contributed by atoms with E-state index in [0.29, 0.717) is 50.3 Å². The Morgan fingerprint density at radius 2 is 1.88 bits per heavy atom. The third kappa shape index (κ3) is 3.77. The highest BCUT2D eigenvalue weighted by Gasteiger charge is 2.43. The number of amides is 3. The number of rotatable bonds is 2. The topological polar surface area (TPSA) is 103 Å². The van der Waals surface area contributed by atoms with Gasteiger partial charge in [0.15, 0.2) is 0 Å². The van der Waals surface area contributed by atoms with E-state index in [-0.39, 0.29) is 12.1 Å². The van der Waals surface area contributed by atoms with Crippen LogP contribution >= 0.6 is 0 Å². The van der Waals surface area contributed by atoms with Gasteiger partial charge in [0.25, 0.3) is 0 Å². The number of fused-ring (bicyclic) bond motifs is 1. The number of urea groups is 1. The zero-order valence-corrected chi connectivity index (χ0v) is 14.3. The van der Waals surface area contributed by atoms with Crippen molar-refractivity contribution < 1.29 is 14.3 Å². The number of aromatic nitrogens is 3. The van der Waals surface area contributed by atoms with Gasteiger partial charge < -0.3 is 19.9 Å². The van der Waals surface area contributed by atoms with E-state index in [9.17, 15) is 9.59 Å². The molecule has 2 atom stereocenters. The highest BCUT2D eigenvalue weighted by Crippen LogP contribution is 2.31. The molecule has 1 aromatic heterocycles. The SMILES string of the molecule is CC(C)(C)OC(=O)N1CC2CN(C(=O)NCc3cn[nH]n3)CC2C1. The number of hydrogen-bond acceptors (Lipinski definition) is 5. The van der Waals surface area contributed by atoms with Gasteiger partial charge >= 0.3 is 12.1 Å². The highest BCUT2D eigenvalue weighted by molar-refractivity contribution is 5.74. The Kier molecular flexibility index (Phi) is 4.33. The molecule has 9 heteroatoms. The molecule has 1 aromatic rings. The van der Waals surface area contributed by atoms with E-state index in [0.717, 1.165) is 0 Å². The summed E-state index contributed by atoms with van der Waals surface area (Å²) in [6, 6.07) is -0.101. The summed E-state index contributed by atoms with van der Waals surface area (Å²) in [5, 5.41) is 13.0. The molecule has 2 N–H and O–H groups in total. The second-order valence-electron chi connectivity index (χ2n) is 7.43. The number of carbonyl (C=O) groups excluding carboxylic acids is 2. The summed E-state index contributed by atoms with van der Waals surface area (Å²) < 4.78 is 5.42. The van der Waals surface area contributed by atoms with Crippen LogP contribution in [0.2, 0.25) is 0 Å². The molecule has 24 heavy (non-hydrogen) atoms. The van der Waals surface area contributed by atoms with Gasteiger partial charge in [-0.1, -0.05) is 0 Å². The lowest BCUT2D eigenvalue weighted by Gasteiger charge is -2.26. The lowest BCUT2D eigenvalue weighted by molar-refractivity contribution is 0.0277. The fourth-order valence-electron chi connectivity index (χ4n) is 3.22. The van der Waals surface area contributed by atoms with Crippen molar-refractivity contribution in [2.45, 2.75) is 32.9 Å². The zero-order chi connectivity index (χ0) is 17.3. The van der Waals surface area contributed by atoms with Gasteiger partial charge in [0, 0.05) is 38.0 Å². The van der Waals surface area contributed by atoms with Crippen LogP contribution in [-0.2, 0) is 11.3 Å². The Labute approximate surface area is 140 Å². The van der Waals surface area contributed by atoms with Gasteiger partial charge in [-0.2, -0.15) is 15.4 Å². The Morgan fingerprint density at radius 1 is 1.25 bits per heavy atom. The lowest BCUT2D eigenvalue weighted by atomic mass is 10.0. The average Bonchev–Trinajstić information content (AvgIpc) is 3.18. The molecule has 2 aliphatic rings. The molecular formula is C15H24N6O3. The van der Waals surface area contributed by atoms with Gasteiger partial charge in [0.1, 0.15) is 11.3 Å². The smallest absolute Gasteiger partial charge is 0.410 e. The maximum absolute atomic E-state index is 12.2. The lowest BCUT2D eigenvalue weighted by Crippen LogP contribution is -2.41. The molecular weight excluding hydrogens is 312 g/mol. The Hall–Kier alpha value is -2.32. The van der Waals surface area contributed by atoms with E-state index < -0.39 is 5.60 Å². The van der Waals surface area contributed by atoms with E-state index in [2.05, 4.69) is 20.7 Å². The molecule has 9 nitrogen and oxygen atoms in total. The number of nitrogens with zero attached hydrogens (tertiary/aromatic N) is 4. The van der Waals surface area contributed by atoms with Crippen molar-refractivity contribution in [1.82, 2.24) is 30.5 Å². The molecule has 3 heterocycles. The van der Waals surface area contributed by atoms with Crippen molar-refractivity contribution in [1.29, 1.82) is 0 Å². The van der Waals surface area contributed by atoms with Crippen molar-refractivity contribution in [3.8, 4) is 0 Å². The van der Waals surface area contributed by atoms with Gasteiger partial charge in [-0.3, -0.25) is 0 Å². The summed E-state index contributed by atoms with van der Waals surface area (Å²) in [5.74, 6) is 0.630. The van der Waals surface area contributed by atoms with Gasteiger partial charge in [-0.25, -0.2) is 9.59 Å². The first-order valence-electron chi connectivity index (χ1n) is 8.17. The van der Waals surface area contributed by atoms with E-state index in [4.69, 9.17) is 4.74 Å². The van der Waals surface area contributed by atoms with Crippen LogP contribution in [0, 0.1) is 11.8 Å². The molecule has 2 saturated heterocycles. The normalized spacial score (nSPS) is 23.3. The third-order valence-electron chi connectivity index (χ3n) is 4.31. The molecule has 0 aromatic carbocycles. The molecule has 132 valence electrons. The molecule has 0 spiro atoms. The Morgan fingerprint density at radius 3 is 2.42 bits per heavy atom. The van der Waals surface area contributed by atoms with Crippen molar-refractivity contribution in [3.05, 3.63) is 11.9 Å². The standard InChI is InChI=1S/C15H24N6O3/c1-15(2,3)24-14(23)21-8-10-6-20(7-11(10)9-21)13(22)16-4-12-5-17-19-18-12/h5,10-11H,4,6-9H2,1-3H3,(H,16,22)(H,17,18,19). The van der Waals surface area contributed by atoms with Crippen molar-refractivity contribution in [3.63, 3.8) is 0 Å². The van der Waals surface area contributed by atoms with Crippen LogP contribution < -0.4 is 5.32 Å². The fourth-order valence-corrected chi connectivity index (χ4v) is 3.22. The minimum Gasteiger partial charge on any atom is -0.444 e. The van der Waals surface area contributed by atoms with Crippen LogP contribution in [0.15, 0.2) is 6.20 Å². The van der Waals surface area contributed by atoms with Crippen LogP contribution in [0.4, 0.5) is 9.59 Å². The molecule has 0 saturated carbocycles. The molecule has 2 fully saturated rings. The van der Waals surface area contributed by atoms with E-state index in [1.165, 1.54) is 0 Å². The predicted octanol–water partition coefficient (Wildman–Crippen LogP) is 0.813. The maximum Gasteiger partial charge on any atom is 0.410 e. The van der Waals surface area contributed by atoms with E-state index in [1.807, 2.05) is 25.7 Å². The maximum atomic E-state index is 12.2. The summed E-state index contributed by atoms with van der Waals surface area (Å²) >= 11 is 0. The highest BCUT2D eigenvalue weighted by atomic mass is 16.6. The number of likely N-dealkylation sites (tertiary alicyclic amines) is 2. The van der Waals surface area contributed by atoms with Crippen molar-refractivity contribution in [2.75, 3.05) is 26.2 Å². The molecule has 0 bridgehead atoms. The summed E-state index contributed by atoms with van der Waals surface area (Å²) in [7, 11) is 0. The van der Waals surface area contributed by atoms with Crippen molar-refractivity contribution >= 4 is 12.1 Å². The van der Waals surface area contributed by atoms with E-state index in [1.54, 1.807) is 11.1 Å². The molecule has 3 rings (SSSR count). The summed E-state index contributed by atoms with van der Waals surface area (Å²) in [6.45, 7) is 8.56. The monoisotopic (exact) mass is 336 g/mol. The molecule has 3 amide bonds. The average molecular weight is 336 g/mol. The molecule has 0 aliphatic carbocycles. The summed E-state index contributed by atoms with van der Waals surface area (Å²) in [6.07, 6.45) is 1.32. The van der Waals surface area contributed by atoms with Gasteiger partial charge in [-0.15, -0.1) is 0 Å². The molecule has 2 aliphatic heterocycles. The molecule has 0 radical (unpaired) electrons. The minimum atomic E-state index is -0.484. The fraction of sp³-hybridized carbons (Fsp3) is 0.733. The second-order valence-corrected chi connectivity index (χ2v) is 7.43. The largest absolute Gasteiger partial charge is 0.444 e. The zero-order valence-electron chi connectivity index (χ0n) is 14.3. The van der Waals surface area contributed by atoms with Crippen LogP contribution in [0.3, 0.4) is 0 Å². The number of aromatic amines is 1. The number of H-pyrrole nitrogens is 1. The first-order chi connectivity index (χ1) is 11.3. The number of hydrogen-bond donors (Lipinski definition) is 2. The van der Waals surface area contributed by atoms with Gasteiger partial charge in [-0.05, 0) is 20.8 Å². The Balaban J connectivity index is 1.46. The van der Waals surface area contributed by atoms with E-state index >= 15 is 0 Å². The first-order valence-corrected chi connectivity index (χ1v) is 8.17. The Bertz CT molecular complexity index is 583. The quantitative estimate of drug-likeness (QED) is 0.832. The first kappa shape index (κ1) is 16.5. The summed E-state index contributed by atoms with van der Waals surface area (Å²) in [4.78, 5) is 27.9. The van der Waals surface area contributed by atoms with Crippen LogP contribution in [0.25, 0.3) is 0 Å². The van der Waals surface area contributed by atoms with Crippen LogP contribution in [-0.4, -0.2) is 69.1 Å². The predicted molar refractivity (Wildman–Crippen MR) is 85.0 cm³/mol. The number of nitrogens with one attached hydrogen (secondary N) is 2. The van der Waals surface area contributed by atoms with Crippen LogP contribution in [0.1, 0.15) is 26.5 Å². The van der Waals surface area contributed by atoms with Gasteiger partial charge in [0.2, 0.25) is 0 Å². The molecule has 2 unspecified atom stereocenters.